The third kappa shape index (κ3) is 3.78. The van der Waals surface area contributed by atoms with Gasteiger partial charge in [0.15, 0.2) is 0 Å². The molecule has 3 atom stereocenters. The number of carbonyl (C=O) groups is 3. The summed E-state index contributed by atoms with van der Waals surface area (Å²) in [5.41, 5.74) is 3.71. The lowest BCUT2D eigenvalue weighted by Crippen LogP contribution is -2.33. The van der Waals surface area contributed by atoms with Crippen LogP contribution in [0.25, 0.3) is 0 Å². The van der Waals surface area contributed by atoms with Gasteiger partial charge in [-0.3, -0.25) is 14.4 Å². The summed E-state index contributed by atoms with van der Waals surface area (Å²) in [6.07, 6.45) is 4.05. The van der Waals surface area contributed by atoms with Crippen LogP contribution in [0.15, 0.2) is 42.5 Å². The van der Waals surface area contributed by atoms with Crippen molar-refractivity contribution in [3.05, 3.63) is 59.2 Å². The lowest BCUT2D eigenvalue weighted by atomic mass is 9.76. The van der Waals surface area contributed by atoms with E-state index in [1.807, 2.05) is 18.2 Å². The second-order valence-corrected chi connectivity index (χ2v) is 8.77. The maximum atomic E-state index is 13.3. The molecule has 4 rings (SSSR count). The third-order valence-corrected chi connectivity index (χ3v) is 6.81. The van der Waals surface area contributed by atoms with Crippen molar-refractivity contribution in [1.82, 2.24) is 0 Å². The number of amides is 3. The van der Waals surface area contributed by atoms with Gasteiger partial charge in [-0.05, 0) is 61.3 Å². The fourth-order valence-electron chi connectivity index (χ4n) is 5.07. The van der Waals surface area contributed by atoms with Crippen molar-refractivity contribution < 1.29 is 14.4 Å². The summed E-state index contributed by atoms with van der Waals surface area (Å²) in [6.45, 7) is 6.25. The first kappa shape index (κ1) is 21.3. The summed E-state index contributed by atoms with van der Waals surface area (Å²) in [7, 11) is 0. The number of anilines is 2. The molecule has 2 aromatic rings. The molecular weight excluding hydrogens is 388 g/mol. The van der Waals surface area contributed by atoms with E-state index in [2.05, 4.69) is 26.1 Å². The molecule has 2 aliphatic rings. The Kier molecular flexibility index (Phi) is 5.94. The van der Waals surface area contributed by atoms with E-state index in [1.54, 1.807) is 24.3 Å². The Morgan fingerprint density at radius 2 is 1.58 bits per heavy atom. The standard InChI is InChI=1S/C26H30N2O3/c1-4-17-9-8-10-18(5-2)23(17)27-24(29)20-11-6-7-12-22(20)28-25(30)19-14-13-16(3)15-21(19)26(28)31/h6-12,16,19,21H,4-5,13-15H2,1-3H3,(H,27,29)/t16-,19+,21-/m0/s1. The molecule has 2 aromatic carbocycles. The number of hydrogen-bond donors (Lipinski definition) is 1. The number of aryl methyl sites for hydroxylation is 2. The molecule has 1 aliphatic heterocycles. The molecule has 0 radical (unpaired) electrons. The molecule has 31 heavy (non-hydrogen) atoms. The summed E-state index contributed by atoms with van der Waals surface area (Å²) >= 11 is 0. The second-order valence-electron chi connectivity index (χ2n) is 8.77. The second kappa shape index (κ2) is 8.66. The van der Waals surface area contributed by atoms with E-state index in [0.717, 1.165) is 48.9 Å². The van der Waals surface area contributed by atoms with Crippen molar-refractivity contribution in [2.24, 2.45) is 17.8 Å². The summed E-state index contributed by atoms with van der Waals surface area (Å²) in [5, 5.41) is 3.07. The highest BCUT2D eigenvalue weighted by molar-refractivity contribution is 6.24. The van der Waals surface area contributed by atoms with Crippen LogP contribution in [-0.4, -0.2) is 17.7 Å². The maximum absolute atomic E-state index is 13.3. The fourth-order valence-corrected chi connectivity index (χ4v) is 5.07. The van der Waals surface area contributed by atoms with Crippen LogP contribution < -0.4 is 10.2 Å². The number of hydrogen-bond acceptors (Lipinski definition) is 3. The highest BCUT2D eigenvalue weighted by atomic mass is 16.2. The minimum Gasteiger partial charge on any atom is -0.321 e. The molecule has 0 aromatic heterocycles. The van der Waals surface area contributed by atoms with Gasteiger partial charge >= 0.3 is 0 Å². The molecule has 162 valence electrons. The molecule has 1 aliphatic carbocycles. The zero-order valence-corrected chi connectivity index (χ0v) is 18.5. The molecule has 0 unspecified atom stereocenters. The van der Waals surface area contributed by atoms with E-state index in [1.165, 1.54) is 4.90 Å². The van der Waals surface area contributed by atoms with Crippen LogP contribution in [0.3, 0.4) is 0 Å². The lowest BCUT2D eigenvalue weighted by molar-refractivity contribution is -0.122. The van der Waals surface area contributed by atoms with Crippen LogP contribution in [0, 0.1) is 17.8 Å². The predicted molar refractivity (Wildman–Crippen MR) is 122 cm³/mol. The Morgan fingerprint density at radius 3 is 2.26 bits per heavy atom. The van der Waals surface area contributed by atoms with Gasteiger partial charge in [0.1, 0.15) is 0 Å². The molecule has 1 heterocycles. The Hall–Kier alpha value is -2.95. The highest BCUT2D eigenvalue weighted by Gasteiger charge is 2.50. The topological polar surface area (TPSA) is 66.5 Å². The molecule has 5 nitrogen and oxygen atoms in total. The van der Waals surface area contributed by atoms with E-state index in [4.69, 9.17) is 0 Å². The van der Waals surface area contributed by atoms with Gasteiger partial charge in [-0.2, -0.15) is 0 Å². The fraction of sp³-hybridized carbons (Fsp3) is 0.423. The van der Waals surface area contributed by atoms with E-state index in [-0.39, 0.29) is 29.6 Å². The quantitative estimate of drug-likeness (QED) is 0.696. The summed E-state index contributed by atoms with van der Waals surface area (Å²) in [5.74, 6) is -0.702. The number of nitrogens with one attached hydrogen (secondary N) is 1. The van der Waals surface area contributed by atoms with E-state index in [0.29, 0.717) is 17.2 Å². The van der Waals surface area contributed by atoms with Crippen molar-refractivity contribution in [3.63, 3.8) is 0 Å². The van der Waals surface area contributed by atoms with Crippen LogP contribution in [-0.2, 0) is 22.4 Å². The van der Waals surface area contributed by atoms with Crippen LogP contribution in [0.2, 0.25) is 0 Å². The molecular formula is C26H30N2O3. The van der Waals surface area contributed by atoms with Gasteiger partial charge in [-0.25, -0.2) is 4.90 Å². The maximum Gasteiger partial charge on any atom is 0.257 e. The van der Waals surface area contributed by atoms with Gasteiger partial charge < -0.3 is 5.32 Å². The average molecular weight is 419 g/mol. The Balaban J connectivity index is 1.68. The van der Waals surface area contributed by atoms with Crippen LogP contribution in [0.1, 0.15) is 61.5 Å². The van der Waals surface area contributed by atoms with Crippen LogP contribution >= 0.6 is 0 Å². The van der Waals surface area contributed by atoms with E-state index < -0.39 is 0 Å². The Morgan fingerprint density at radius 1 is 0.935 bits per heavy atom. The zero-order valence-electron chi connectivity index (χ0n) is 18.5. The van der Waals surface area contributed by atoms with Gasteiger partial charge in [0.2, 0.25) is 11.8 Å². The number of fused-ring (bicyclic) bond motifs is 1. The normalized spacial score (nSPS) is 23.1. The molecule has 0 spiro atoms. The van der Waals surface area contributed by atoms with E-state index in [9.17, 15) is 14.4 Å². The summed E-state index contributed by atoms with van der Waals surface area (Å²) in [6, 6.07) is 13.0. The minimum absolute atomic E-state index is 0.162. The predicted octanol–water partition coefficient (Wildman–Crippen LogP) is 4.99. The SMILES string of the molecule is CCc1cccc(CC)c1NC(=O)c1ccccc1N1C(=O)[C@H]2C[C@@H](C)CC[C@H]2C1=O. The number of carbonyl (C=O) groups excluding carboxylic acids is 3. The van der Waals surface area contributed by atoms with Crippen molar-refractivity contribution in [1.29, 1.82) is 0 Å². The number of nitrogens with zero attached hydrogens (tertiary/aromatic N) is 1. The molecule has 1 N–H and O–H groups in total. The first-order valence-corrected chi connectivity index (χ1v) is 11.3. The smallest absolute Gasteiger partial charge is 0.257 e. The minimum atomic E-state index is -0.296. The van der Waals surface area contributed by atoms with Crippen molar-refractivity contribution in [3.8, 4) is 0 Å². The number of benzene rings is 2. The van der Waals surface area contributed by atoms with Crippen molar-refractivity contribution in [2.75, 3.05) is 10.2 Å². The molecule has 2 fully saturated rings. The molecule has 5 heteroatoms. The molecule has 1 saturated heterocycles. The number of para-hydroxylation sites is 2. The highest BCUT2D eigenvalue weighted by Crippen LogP contribution is 2.43. The van der Waals surface area contributed by atoms with Gasteiger partial charge in [-0.1, -0.05) is 51.1 Å². The van der Waals surface area contributed by atoms with Gasteiger partial charge in [0.05, 0.1) is 23.1 Å². The van der Waals surface area contributed by atoms with Crippen LogP contribution in [0.4, 0.5) is 11.4 Å². The Bertz CT molecular complexity index is 1010. The van der Waals surface area contributed by atoms with Gasteiger partial charge in [0.25, 0.3) is 5.91 Å². The average Bonchev–Trinajstić information content (AvgIpc) is 3.03. The first-order valence-electron chi connectivity index (χ1n) is 11.3. The van der Waals surface area contributed by atoms with E-state index >= 15 is 0 Å². The molecule has 3 amide bonds. The zero-order chi connectivity index (χ0) is 22.1. The molecule has 1 saturated carbocycles. The first-order chi connectivity index (χ1) is 15.0. The largest absolute Gasteiger partial charge is 0.321 e. The third-order valence-electron chi connectivity index (χ3n) is 6.81. The van der Waals surface area contributed by atoms with Crippen LogP contribution in [0.5, 0.6) is 0 Å². The lowest BCUT2D eigenvalue weighted by Gasteiger charge is -2.25. The number of imide groups is 1. The summed E-state index contributed by atoms with van der Waals surface area (Å²) < 4.78 is 0. The van der Waals surface area contributed by atoms with Crippen molar-refractivity contribution >= 4 is 29.1 Å². The molecule has 0 bridgehead atoms. The van der Waals surface area contributed by atoms with Gasteiger partial charge in [-0.15, -0.1) is 0 Å². The monoisotopic (exact) mass is 418 g/mol. The van der Waals surface area contributed by atoms with Crippen molar-refractivity contribution in [2.45, 2.75) is 52.9 Å². The summed E-state index contributed by atoms with van der Waals surface area (Å²) in [4.78, 5) is 41.0. The van der Waals surface area contributed by atoms with Gasteiger partial charge in [0, 0.05) is 5.69 Å². The Labute approximate surface area is 183 Å². The number of rotatable bonds is 5.